The normalized spacial score (nSPS) is 19.5. The Morgan fingerprint density at radius 2 is 1.82 bits per heavy atom. The minimum absolute atomic E-state index is 0.175. The molecule has 33 heavy (non-hydrogen) atoms. The van der Waals surface area contributed by atoms with E-state index in [0.717, 1.165) is 18.4 Å². The fraction of sp³-hybridized carbons (Fsp3) is 0.391. The Kier molecular flexibility index (Phi) is 5.49. The fourth-order valence-electron chi connectivity index (χ4n) is 4.62. The van der Waals surface area contributed by atoms with Crippen molar-refractivity contribution < 1.29 is 27.5 Å². The summed E-state index contributed by atoms with van der Waals surface area (Å²) in [5.74, 6) is 0.723. The SMILES string of the molecule is CC(=O)N1c2ccc(S(=O)(=O)N3CCCC3)cc2CC1C(=O)NCc1ccc2c(c1)OCO2. The Morgan fingerprint density at radius 1 is 1.06 bits per heavy atom. The van der Waals surface area contributed by atoms with Crippen LogP contribution in [-0.2, 0) is 32.6 Å². The van der Waals surface area contributed by atoms with Gasteiger partial charge >= 0.3 is 0 Å². The zero-order valence-electron chi connectivity index (χ0n) is 18.2. The van der Waals surface area contributed by atoms with E-state index in [2.05, 4.69) is 5.32 Å². The summed E-state index contributed by atoms with van der Waals surface area (Å²) in [4.78, 5) is 27.1. The zero-order chi connectivity index (χ0) is 23.2. The van der Waals surface area contributed by atoms with E-state index in [1.165, 1.54) is 22.2 Å². The molecule has 1 N–H and O–H groups in total. The molecule has 0 radical (unpaired) electrons. The van der Waals surface area contributed by atoms with Crippen molar-refractivity contribution in [2.45, 2.75) is 43.7 Å². The van der Waals surface area contributed by atoms with Crippen LogP contribution in [0.25, 0.3) is 0 Å². The van der Waals surface area contributed by atoms with E-state index in [9.17, 15) is 18.0 Å². The lowest BCUT2D eigenvalue weighted by atomic mass is 10.1. The number of ether oxygens (including phenoxy) is 2. The molecule has 3 heterocycles. The Morgan fingerprint density at radius 3 is 2.58 bits per heavy atom. The number of hydrogen-bond acceptors (Lipinski definition) is 6. The molecule has 3 aliphatic rings. The Hall–Kier alpha value is -3.11. The average Bonchev–Trinajstić information content (AvgIpc) is 3.55. The van der Waals surface area contributed by atoms with Gasteiger partial charge in [0.15, 0.2) is 11.5 Å². The number of anilines is 1. The summed E-state index contributed by atoms with van der Waals surface area (Å²) >= 11 is 0. The third-order valence-corrected chi connectivity index (χ3v) is 8.18. The van der Waals surface area contributed by atoms with Crippen LogP contribution in [0.5, 0.6) is 11.5 Å². The van der Waals surface area contributed by atoms with Crippen LogP contribution in [0, 0.1) is 0 Å². The molecular formula is C23H25N3O6S. The topological polar surface area (TPSA) is 105 Å². The summed E-state index contributed by atoms with van der Waals surface area (Å²) in [6.07, 6.45) is 1.97. The molecule has 0 bridgehead atoms. The maximum atomic E-state index is 13.0. The fourth-order valence-corrected chi connectivity index (χ4v) is 6.19. The van der Waals surface area contributed by atoms with E-state index in [4.69, 9.17) is 9.47 Å². The maximum absolute atomic E-state index is 13.0. The summed E-state index contributed by atoms with van der Waals surface area (Å²) in [5.41, 5.74) is 2.09. The molecule has 5 rings (SSSR count). The first kappa shape index (κ1) is 21.7. The van der Waals surface area contributed by atoms with Crippen LogP contribution in [0.3, 0.4) is 0 Å². The molecular weight excluding hydrogens is 446 g/mol. The number of sulfonamides is 1. The molecule has 1 atom stereocenters. The van der Waals surface area contributed by atoms with Crippen LogP contribution < -0.4 is 19.7 Å². The molecule has 1 saturated heterocycles. The van der Waals surface area contributed by atoms with Crippen molar-refractivity contribution in [3.8, 4) is 11.5 Å². The number of rotatable bonds is 5. The minimum atomic E-state index is -3.58. The van der Waals surface area contributed by atoms with Gasteiger partial charge in [-0.2, -0.15) is 4.31 Å². The summed E-state index contributed by atoms with van der Waals surface area (Å²) in [6.45, 7) is 2.88. The number of hydrogen-bond donors (Lipinski definition) is 1. The lowest BCUT2D eigenvalue weighted by Crippen LogP contribution is -2.47. The molecule has 2 amide bonds. The highest BCUT2D eigenvalue weighted by atomic mass is 32.2. The van der Waals surface area contributed by atoms with Crippen LogP contribution in [0.1, 0.15) is 30.9 Å². The van der Waals surface area contributed by atoms with Gasteiger partial charge in [-0.15, -0.1) is 0 Å². The van der Waals surface area contributed by atoms with Crippen LogP contribution in [0.15, 0.2) is 41.3 Å². The van der Waals surface area contributed by atoms with Crippen molar-refractivity contribution in [1.82, 2.24) is 9.62 Å². The second kappa shape index (κ2) is 8.35. The Bertz CT molecular complexity index is 1220. The zero-order valence-corrected chi connectivity index (χ0v) is 19.1. The maximum Gasteiger partial charge on any atom is 0.243 e. The molecule has 1 fully saturated rings. The van der Waals surface area contributed by atoms with Gasteiger partial charge in [-0.05, 0) is 54.3 Å². The molecule has 174 valence electrons. The quantitative estimate of drug-likeness (QED) is 0.713. The first-order valence-corrected chi connectivity index (χ1v) is 12.4. The molecule has 9 nitrogen and oxygen atoms in total. The first-order valence-electron chi connectivity index (χ1n) is 10.9. The van der Waals surface area contributed by atoms with Crippen LogP contribution >= 0.6 is 0 Å². The highest BCUT2D eigenvalue weighted by Crippen LogP contribution is 2.36. The molecule has 0 spiro atoms. The molecule has 2 aromatic rings. The van der Waals surface area contributed by atoms with Crippen LogP contribution in [-0.4, -0.2) is 50.5 Å². The number of fused-ring (bicyclic) bond motifs is 2. The van der Waals surface area contributed by atoms with Crippen molar-refractivity contribution in [3.05, 3.63) is 47.5 Å². The van der Waals surface area contributed by atoms with Gasteiger partial charge in [-0.3, -0.25) is 14.5 Å². The summed E-state index contributed by atoms with van der Waals surface area (Å²) in [7, 11) is -3.58. The molecule has 1 unspecified atom stereocenters. The number of amides is 2. The predicted molar refractivity (Wildman–Crippen MR) is 119 cm³/mol. The Balaban J connectivity index is 1.34. The van der Waals surface area contributed by atoms with Crippen LogP contribution in [0.2, 0.25) is 0 Å². The van der Waals surface area contributed by atoms with Crippen molar-refractivity contribution in [1.29, 1.82) is 0 Å². The first-order chi connectivity index (χ1) is 15.8. The molecule has 0 saturated carbocycles. The van der Waals surface area contributed by atoms with Gasteiger partial charge in [0, 0.05) is 38.7 Å². The van der Waals surface area contributed by atoms with Gasteiger partial charge in [0.25, 0.3) is 0 Å². The average molecular weight is 472 g/mol. The number of carbonyl (C=O) groups is 2. The van der Waals surface area contributed by atoms with Crippen molar-refractivity contribution in [3.63, 3.8) is 0 Å². The van der Waals surface area contributed by atoms with Crippen molar-refractivity contribution >= 4 is 27.5 Å². The number of carbonyl (C=O) groups excluding carboxylic acids is 2. The van der Waals surface area contributed by atoms with Gasteiger partial charge in [-0.25, -0.2) is 8.42 Å². The van der Waals surface area contributed by atoms with E-state index in [1.807, 2.05) is 12.1 Å². The van der Waals surface area contributed by atoms with Gasteiger partial charge < -0.3 is 14.8 Å². The van der Waals surface area contributed by atoms with E-state index in [0.29, 0.717) is 35.8 Å². The second-order valence-corrected chi connectivity index (χ2v) is 10.4. The van der Waals surface area contributed by atoms with E-state index < -0.39 is 16.1 Å². The summed E-state index contributed by atoms with van der Waals surface area (Å²) in [6, 6.07) is 9.46. The highest BCUT2D eigenvalue weighted by Gasteiger charge is 2.38. The number of benzene rings is 2. The van der Waals surface area contributed by atoms with E-state index in [1.54, 1.807) is 18.2 Å². The molecule has 10 heteroatoms. The molecule has 0 aromatic heterocycles. The van der Waals surface area contributed by atoms with Crippen LogP contribution in [0.4, 0.5) is 5.69 Å². The smallest absolute Gasteiger partial charge is 0.243 e. The van der Waals surface area contributed by atoms with Gasteiger partial charge in [-0.1, -0.05) is 6.07 Å². The van der Waals surface area contributed by atoms with Gasteiger partial charge in [0.05, 0.1) is 4.90 Å². The summed E-state index contributed by atoms with van der Waals surface area (Å²) < 4.78 is 38.1. The van der Waals surface area contributed by atoms with Crippen molar-refractivity contribution in [2.75, 3.05) is 24.8 Å². The predicted octanol–water partition coefficient (Wildman–Crippen LogP) is 1.79. The second-order valence-electron chi connectivity index (χ2n) is 8.42. The lowest BCUT2D eigenvalue weighted by Gasteiger charge is -2.23. The van der Waals surface area contributed by atoms with Crippen molar-refractivity contribution in [2.24, 2.45) is 0 Å². The highest BCUT2D eigenvalue weighted by molar-refractivity contribution is 7.89. The number of nitrogens with zero attached hydrogens (tertiary/aromatic N) is 2. The van der Waals surface area contributed by atoms with E-state index >= 15 is 0 Å². The molecule has 3 aliphatic heterocycles. The molecule has 0 aliphatic carbocycles. The number of nitrogens with one attached hydrogen (secondary N) is 1. The largest absolute Gasteiger partial charge is 0.454 e. The monoisotopic (exact) mass is 471 g/mol. The van der Waals surface area contributed by atoms with Gasteiger partial charge in [0.2, 0.25) is 28.6 Å². The van der Waals surface area contributed by atoms with E-state index in [-0.39, 0.29) is 36.5 Å². The lowest BCUT2D eigenvalue weighted by molar-refractivity contribution is -0.125. The molecule has 2 aromatic carbocycles. The van der Waals surface area contributed by atoms with Gasteiger partial charge in [0.1, 0.15) is 6.04 Å². The third-order valence-electron chi connectivity index (χ3n) is 6.28. The summed E-state index contributed by atoms with van der Waals surface area (Å²) in [5, 5.41) is 2.89. The third kappa shape index (κ3) is 3.93. The Labute approximate surface area is 192 Å². The standard InChI is InChI=1S/C23H25N3O6S/c1-15(27)26-19-6-5-18(33(29,30)25-8-2-3-9-25)11-17(19)12-20(26)23(28)24-13-16-4-7-21-22(10-16)32-14-31-21/h4-7,10-11,20H,2-3,8-9,12-14H2,1H3,(H,24,28). The minimum Gasteiger partial charge on any atom is -0.454 e.